The van der Waals surface area contributed by atoms with Gasteiger partial charge in [0.05, 0.1) is 17.3 Å². The normalized spacial score (nSPS) is 10.5. The highest BCUT2D eigenvalue weighted by Crippen LogP contribution is 2.26. The quantitative estimate of drug-likeness (QED) is 0.810. The molecule has 0 aliphatic heterocycles. The Bertz CT molecular complexity index is 579. The van der Waals surface area contributed by atoms with Gasteiger partial charge in [0, 0.05) is 22.8 Å². The molecule has 0 saturated heterocycles. The Morgan fingerprint density at radius 1 is 1.35 bits per heavy atom. The number of nitriles is 1. The molecule has 0 amide bonds. The molecule has 2 rings (SSSR count). The summed E-state index contributed by atoms with van der Waals surface area (Å²) in [7, 11) is 0. The predicted octanol–water partition coefficient (Wildman–Crippen LogP) is 3.66. The summed E-state index contributed by atoms with van der Waals surface area (Å²) < 4.78 is 1.91. The number of rotatable bonds is 2. The van der Waals surface area contributed by atoms with Crippen LogP contribution in [0.15, 0.2) is 30.5 Å². The molecule has 1 aromatic carbocycles. The van der Waals surface area contributed by atoms with E-state index in [-0.39, 0.29) is 6.04 Å². The van der Waals surface area contributed by atoms with Gasteiger partial charge in [-0.1, -0.05) is 11.6 Å². The molecule has 1 heterocycles. The maximum atomic E-state index is 8.93. The van der Waals surface area contributed by atoms with Crippen LogP contribution in [-0.2, 0) is 0 Å². The molecule has 0 saturated carbocycles. The topological polar surface area (TPSA) is 41.6 Å². The van der Waals surface area contributed by atoms with Gasteiger partial charge in [-0.2, -0.15) is 10.4 Å². The Morgan fingerprint density at radius 2 is 2.12 bits per heavy atom. The summed E-state index contributed by atoms with van der Waals surface area (Å²) in [5.74, 6) is 0. The number of nitrogens with zero attached hydrogens (tertiary/aromatic N) is 3. The number of benzene rings is 1. The number of hydrogen-bond acceptors (Lipinski definition) is 2. The second-order valence-electron chi connectivity index (χ2n) is 4.10. The van der Waals surface area contributed by atoms with Crippen molar-refractivity contribution in [1.82, 2.24) is 9.78 Å². The fourth-order valence-electron chi connectivity index (χ4n) is 1.76. The van der Waals surface area contributed by atoms with Crippen molar-refractivity contribution in [2.75, 3.05) is 0 Å². The van der Waals surface area contributed by atoms with Crippen molar-refractivity contribution in [2.45, 2.75) is 19.9 Å². The molecule has 0 spiro atoms. The standard InChI is InChI=1S/C13H12ClN3/c1-9(2)17-13(3-4-16-17)11-5-10(8-15)6-12(14)7-11/h3-7,9H,1-2H3. The molecular weight excluding hydrogens is 234 g/mol. The second-order valence-corrected chi connectivity index (χ2v) is 4.53. The number of halogens is 1. The number of hydrogen-bond donors (Lipinski definition) is 0. The minimum absolute atomic E-state index is 0.268. The van der Waals surface area contributed by atoms with Crippen molar-refractivity contribution in [3.8, 4) is 17.3 Å². The van der Waals surface area contributed by atoms with Crippen LogP contribution in [0.1, 0.15) is 25.5 Å². The van der Waals surface area contributed by atoms with E-state index in [1.165, 1.54) is 0 Å². The van der Waals surface area contributed by atoms with Crippen molar-refractivity contribution in [1.29, 1.82) is 5.26 Å². The largest absolute Gasteiger partial charge is 0.262 e. The highest BCUT2D eigenvalue weighted by Gasteiger charge is 2.09. The molecule has 0 bridgehead atoms. The van der Waals surface area contributed by atoms with Gasteiger partial charge in [-0.05, 0) is 38.1 Å². The summed E-state index contributed by atoms with van der Waals surface area (Å²) in [6.45, 7) is 4.12. The average Bonchev–Trinajstić information content (AvgIpc) is 2.77. The lowest BCUT2D eigenvalue weighted by Gasteiger charge is -2.11. The molecule has 0 fully saturated rings. The van der Waals surface area contributed by atoms with Gasteiger partial charge in [-0.25, -0.2) is 0 Å². The summed E-state index contributed by atoms with van der Waals surface area (Å²) in [6, 6.07) is 9.62. The van der Waals surface area contributed by atoms with E-state index in [2.05, 4.69) is 25.0 Å². The summed E-state index contributed by atoms with van der Waals surface area (Å²) in [5.41, 5.74) is 2.45. The first-order valence-electron chi connectivity index (χ1n) is 5.36. The van der Waals surface area contributed by atoms with Gasteiger partial charge in [-0.3, -0.25) is 4.68 Å². The molecule has 0 radical (unpaired) electrons. The van der Waals surface area contributed by atoms with Crippen molar-refractivity contribution in [2.24, 2.45) is 0 Å². The summed E-state index contributed by atoms with van der Waals surface area (Å²) >= 11 is 6.00. The fraction of sp³-hybridized carbons (Fsp3) is 0.231. The lowest BCUT2D eigenvalue weighted by molar-refractivity contribution is 0.538. The second kappa shape index (κ2) is 4.60. The average molecular weight is 246 g/mol. The van der Waals surface area contributed by atoms with Gasteiger partial charge in [0.2, 0.25) is 0 Å². The molecule has 0 N–H and O–H groups in total. The third-order valence-corrected chi connectivity index (χ3v) is 2.70. The summed E-state index contributed by atoms with van der Waals surface area (Å²) in [6.07, 6.45) is 1.75. The fourth-order valence-corrected chi connectivity index (χ4v) is 1.99. The van der Waals surface area contributed by atoms with Crippen LogP contribution in [0.5, 0.6) is 0 Å². The van der Waals surface area contributed by atoms with Crippen LogP contribution in [0.2, 0.25) is 5.02 Å². The van der Waals surface area contributed by atoms with Crippen molar-refractivity contribution in [3.63, 3.8) is 0 Å². The van der Waals surface area contributed by atoms with E-state index in [4.69, 9.17) is 16.9 Å². The third kappa shape index (κ3) is 2.32. The first kappa shape index (κ1) is 11.7. The zero-order chi connectivity index (χ0) is 12.4. The first-order valence-corrected chi connectivity index (χ1v) is 5.74. The van der Waals surface area contributed by atoms with Gasteiger partial charge >= 0.3 is 0 Å². The smallest absolute Gasteiger partial charge is 0.0992 e. The first-order chi connectivity index (χ1) is 8.11. The maximum Gasteiger partial charge on any atom is 0.0992 e. The van der Waals surface area contributed by atoms with Gasteiger partial charge in [0.25, 0.3) is 0 Å². The van der Waals surface area contributed by atoms with Gasteiger partial charge < -0.3 is 0 Å². The molecule has 0 unspecified atom stereocenters. The molecule has 4 heteroatoms. The zero-order valence-electron chi connectivity index (χ0n) is 9.68. The van der Waals surface area contributed by atoms with E-state index in [1.54, 1.807) is 12.3 Å². The van der Waals surface area contributed by atoms with Crippen LogP contribution in [0.4, 0.5) is 0 Å². The molecule has 0 aliphatic rings. The third-order valence-electron chi connectivity index (χ3n) is 2.48. The van der Waals surface area contributed by atoms with Crippen LogP contribution in [-0.4, -0.2) is 9.78 Å². The van der Waals surface area contributed by atoms with E-state index in [9.17, 15) is 0 Å². The molecule has 2 aromatic rings. The van der Waals surface area contributed by atoms with Crippen LogP contribution in [0, 0.1) is 11.3 Å². The van der Waals surface area contributed by atoms with E-state index < -0.39 is 0 Å². The lowest BCUT2D eigenvalue weighted by Crippen LogP contribution is -2.04. The van der Waals surface area contributed by atoms with E-state index in [0.717, 1.165) is 11.3 Å². The molecular formula is C13H12ClN3. The van der Waals surface area contributed by atoms with Crippen LogP contribution >= 0.6 is 11.6 Å². The molecule has 0 atom stereocenters. The molecule has 17 heavy (non-hydrogen) atoms. The Hall–Kier alpha value is -1.79. The summed E-state index contributed by atoms with van der Waals surface area (Å²) in [5, 5.41) is 13.8. The Balaban J connectivity index is 2.57. The van der Waals surface area contributed by atoms with Crippen LogP contribution < -0.4 is 0 Å². The van der Waals surface area contributed by atoms with E-state index in [0.29, 0.717) is 10.6 Å². The molecule has 3 nitrogen and oxygen atoms in total. The highest BCUT2D eigenvalue weighted by atomic mass is 35.5. The molecule has 86 valence electrons. The SMILES string of the molecule is CC(C)n1nccc1-c1cc(Cl)cc(C#N)c1. The minimum Gasteiger partial charge on any atom is -0.262 e. The highest BCUT2D eigenvalue weighted by molar-refractivity contribution is 6.31. The number of aromatic nitrogens is 2. The van der Waals surface area contributed by atoms with E-state index >= 15 is 0 Å². The van der Waals surface area contributed by atoms with Crippen LogP contribution in [0.3, 0.4) is 0 Å². The van der Waals surface area contributed by atoms with Crippen molar-refractivity contribution >= 4 is 11.6 Å². The minimum atomic E-state index is 0.268. The zero-order valence-corrected chi connectivity index (χ0v) is 10.4. The Labute approximate surface area is 105 Å². The Kier molecular flexibility index (Phi) is 3.16. The molecule has 0 aliphatic carbocycles. The van der Waals surface area contributed by atoms with Crippen LogP contribution in [0.25, 0.3) is 11.3 Å². The summed E-state index contributed by atoms with van der Waals surface area (Å²) in [4.78, 5) is 0. The van der Waals surface area contributed by atoms with Gasteiger partial charge in [-0.15, -0.1) is 0 Å². The maximum absolute atomic E-state index is 8.93. The Morgan fingerprint density at radius 3 is 2.76 bits per heavy atom. The lowest BCUT2D eigenvalue weighted by atomic mass is 10.1. The predicted molar refractivity (Wildman–Crippen MR) is 67.8 cm³/mol. The van der Waals surface area contributed by atoms with Gasteiger partial charge in [0.1, 0.15) is 0 Å². The van der Waals surface area contributed by atoms with Crippen molar-refractivity contribution in [3.05, 3.63) is 41.0 Å². The van der Waals surface area contributed by atoms with E-state index in [1.807, 2.05) is 22.9 Å². The van der Waals surface area contributed by atoms with Gasteiger partial charge in [0.15, 0.2) is 0 Å². The van der Waals surface area contributed by atoms with Crippen molar-refractivity contribution < 1.29 is 0 Å². The molecule has 1 aromatic heterocycles. The monoisotopic (exact) mass is 245 g/mol.